The van der Waals surface area contributed by atoms with E-state index in [0.717, 1.165) is 17.8 Å². The number of unbranched alkanes of at least 4 members (excludes halogenated alkanes) is 2. The van der Waals surface area contributed by atoms with Gasteiger partial charge in [-0.25, -0.2) is 4.68 Å². The van der Waals surface area contributed by atoms with Crippen LogP contribution in [0.2, 0.25) is 10.0 Å². The fraction of sp³-hybridized carbons (Fsp3) is 0.333. The van der Waals surface area contributed by atoms with E-state index in [0.29, 0.717) is 113 Å². The van der Waals surface area contributed by atoms with Gasteiger partial charge in [0.25, 0.3) is 11.8 Å². The van der Waals surface area contributed by atoms with Crippen LogP contribution in [0.5, 0.6) is 0 Å². The van der Waals surface area contributed by atoms with Crippen molar-refractivity contribution in [3.63, 3.8) is 0 Å². The number of pyridine rings is 1. The topological polar surface area (TPSA) is 182 Å². The van der Waals surface area contributed by atoms with Gasteiger partial charge in [0.1, 0.15) is 11.9 Å². The molecular formula is C48H50Cl2N10O6. The van der Waals surface area contributed by atoms with Crippen LogP contribution >= 0.6 is 23.2 Å². The summed E-state index contributed by atoms with van der Waals surface area (Å²) in [6.45, 7) is 4.11. The van der Waals surface area contributed by atoms with Gasteiger partial charge in [-0.2, -0.15) is 5.10 Å². The maximum atomic E-state index is 13.8. The number of imide groups is 1. The molecular weight excluding hydrogens is 883 g/mol. The van der Waals surface area contributed by atoms with Crippen molar-refractivity contribution in [2.75, 3.05) is 67.9 Å². The number of carbonyl (C=O) groups is 6. The maximum Gasteiger partial charge on any atom is 0.274 e. The molecule has 8 rings (SSSR count). The van der Waals surface area contributed by atoms with Crippen LogP contribution < -0.4 is 20.9 Å². The summed E-state index contributed by atoms with van der Waals surface area (Å²) in [6.07, 6.45) is 5.34. The van der Waals surface area contributed by atoms with Gasteiger partial charge in [-0.3, -0.25) is 39.1 Å². The van der Waals surface area contributed by atoms with Crippen LogP contribution in [0.15, 0.2) is 97.2 Å². The molecule has 1 unspecified atom stereocenters. The van der Waals surface area contributed by atoms with Crippen molar-refractivity contribution in [3.05, 3.63) is 118 Å². The molecule has 2 aromatic heterocycles. The van der Waals surface area contributed by atoms with Gasteiger partial charge in [0.05, 0.1) is 27.0 Å². The second kappa shape index (κ2) is 21.0. The summed E-state index contributed by atoms with van der Waals surface area (Å²) < 4.78 is 1.50. The van der Waals surface area contributed by atoms with E-state index in [1.807, 2.05) is 65.6 Å². The van der Waals surface area contributed by atoms with E-state index >= 15 is 0 Å². The number of halogens is 2. The van der Waals surface area contributed by atoms with Crippen molar-refractivity contribution in [2.24, 2.45) is 0 Å². The first-order valence-electron chi connectivity index (χ1n) is 22.2. The molecule has 5 aromatic rings. The highest BCUT2D eigenvalue weighted by Crippen LogP contribution is 2.33. The van der Waals surface area contributed by atoms with Crippen LogP contribution in [-0.4, -0.2) is 123 Å². The molecule has 0 bridgehead atoms. The van der Waals surface area contributed by atoms with Crippen molar-refractivity contribution in [1.29, 1.82) is 0 Å². The number of hydrogen-bond donors (Lipinski definition) is 3. The fourth-order valence-electron chi connectivity index (χ4n) is 8.35. The number of piperazine rings is 2. The molecule has 16 nitrogen and oxygen atoms in total. The minimum absolute atomic E-state index is 0.0229. The van der Waals surface area contributed by atoms with Gasteiger partial charge >= 0.3 is 0 Å². The molecule has 0 aliphatic carbocycles. The van der Waals surface area contributed by atoms with Crippen molar-refractivity contribution in [2.45, 2.75) is 51.0 Å². The van der Waals surface area contributed by atoms with Gasteiger partial charge in [-0.05, 0) is 79.9 Å². The van der Waals surface area contributed by atoms with Crippen LogP contribution in [0.25, 0.3) is 16.9 Å². The fourth-order valence-corrected chi connectivity index (χ4v) is 8.91. The molecule has 3 saturated heterocycles. The molecule has 342 valence electrons. The Morgan fingerprint density at radius 1 is 0.697 bits per heavy atom. The number of piperidine rings is 1. The average molecular weight is 934 g/mol. The van der Waals surface area contributed by atoms with Crippen LogP contribution in [0.3, 0.4) is 0 Å². The zero-order valence-corrected chi connectivity index (χ0v) is 37.8. The molecule has 3 fully saturated rings. The molecule has 6 amide bonds. The molecule has 18 heteroatoms. The number of nitrogens with zero attached hydrogens (tertiary/aromatic N) is 7. The summed E-state index contributed by atoms with van der Waals surface area (Å²) >= 11 is 13.0. The van der Waals surface area contributed by atoms with Gasteiger partial charge < -0.3 is 30.2 Å². The molecule has 0 radical (unpaired) electrons. The third-order valence-electron chi connectivity index (χ3n) is 12.1. The molecule has 1 atom stereocenters. The van der Waals surface area contributed by atoms with Crippen molar-refractivity contribution >= 4 is 75.8 Å². The van der Waals surface area contributed by atoms with E-state index in [-0.39, 0.29) is 51.6 Å². The third-order valence-corrected chi connectivity index (χ3v) is 12.7. The van der Waals surface area contributed by atoms with E-state index in [4.69, 9.17) is 23.2 Å². The first-order valence-corrected chi connectivity index (χ1v) is 22.9. The molecule has 3 aromatic carbocycles. The van der Waals surface area contributed by atoms with Gasteiger partial charge in [-0.15, -0.1) is 0 Å². The Balaban J connectivity index is 0.767. The van der Waals surface area contributed by atoms with Crippen LogP contribution in [0.4, 0.5) is 17.2 Å². The number of anilines is 3. The van der Waals surface area contributed by atoms with Crippen LogP contribution in [0, 0.1) is 0 Å². The summed E-state index contributed by atoms with van der Waals surface area (Å²) in [5.41, 5.74) is 3.90. The molecule has 3 N–H and O–H groups in total. The summed E-state index contributed by atoms with van der Waals surface area (Å²) in [5, 5.41) is 13.6. The highest BCUT2D eigenvalue weighted by atomic mass is 35.5. The lowest BCUT2D eigenvalue weighted by Crippen LogP contribution is -2.50. The lowest BCUT2D eigenvalue weighted by molar-refractivity contribution is -0.134. The van der Waals surface area contributed by atoms with Crippen molar-refractivity contribution in [3.8, 4) is 16.9 Å². The van der Waals surface area contributed by atoms with Crippen LogP contribution in [-0.2, 0) is 19.2 Å². The normalized spacial score (nSPS) is 16.5. The Kier molecular flexibility index (Phi) is 14.6. The predicted octanol–water partition coefficient (Wildman–Crippen LogP) is 6.29. The summed E-state index contributed by atoms with van der Waals surface area (Å²) in [4.78, 5) is 89.3. The minimum atomic E-state index is -0.525. The van der Waals surface area contributed by atoms with Crippen molar-refractivity contribution < 1.29 is 28.8 Å². The monoisotopic (exact) mass is 932 g/mol. The lowest BCUT2D eigenvalue weighted by atomic mass is 10.1. The largest absolute Gasteiger partial charge is 0.374 e. The molecule has 66 heavy (non-hydrogen) atoms. The zero-order valence-electron chi connectivity index (χ0n) is 36.3. The van der Waals surface area contributed by atoms with Gasteiger partial charge in [0.15, 0.2) is 5.69 Å². The Bertz CT molecular complexity index is 2580. The lowest BCUT2D eigenvalue weighted by Gasteiger charge is -2.36. The van der Waals surface area contributed by atoms with Gasteiger partial charge in [-0.1, -0.05) is 53.9 Å². The smallest absolute Gasteiger partial charge is 0.274 e. The maximum absolute atomic E-state index is 13.8. The minimum Gasteiger partial charge on any atom is -0.374 e. The second-order valence-electron chi connectivity index (χ2n) is 16.4. The SMILES string of the molecule is O=C1CCC(Nc2ccc(N3CCN(C(=O)CCCCCC(=O)N4CCN(C(=O)c5cc(NC(=O)c6cc(-c7ccccn7)c(Cl)cc6Cl)n(-c6ccccc6)n5)CC4)CC3)cc2)C(=O)N1. The number of benzene rings is 3. The second-order valence-corrected chi connectivity index (χ2v) is 17.3. The number of amides is 6. The predicted molar refractivity (Wildman–Crippen MR) is 252 cm³/mol. The Morgan fingerprint density at radius 3 is 2.00 bits per heavy atom. The van der Waals surface area contributed by atoms with E-state index in [1.54, 1.807) is 34.2 Å². The van der Waals surface area contributed by atoms with E-state index in [1.165, 1.54) is 16.8 Å². The zero-order chi connectivity index (χ0) is 46.2. The molecule has 3 aliphatic rings. The number of para-hydroxylation sites is 1. The van der Waals surface area contributed by atoms with Gasteiger partial charge in [0, 0.05) is 101 Å². The number of carbonyl (C=O) groups excluding carboxylic acids is 6. The molecule has 0 saturated carbocycles. The van der Waals surface area contributed by atoms with Crippen LogP contribution in [0.1, 0.15) is 65.8 Å². The molecule has 3 aliphatic heterocycles. The highest BCUT2D eigenvalue weighted by molar-refractivity contribution is 6.38. The number of rotatable bonds is 14. The molecule has 5 heterocycles. The Labute approximate surface area is 392 Å². The molecule has 0 spiro atoms. The van der Waals surface area contributed by atoms with E-state index < -0.39 is 11.9 Å². The quantitative estimate of drug-likeness (QED) is 0.0846. The Morgan fingerprint density at radius 2 is 1.35 bits per heavy atom. The summed E-state index contributed by atoms with van der Waals surface area (Å²) in [6, 6.07) is 26.5. The number of aromatic nitrogens is 3. The number of hydrogen-bond acceptors (Lipinski definition) is 10. The standard InChI is InChI=1S/C48H50Cl2N10O6/c49-37-30-38(50)36(29-35(37)39-11-7-8-20-51-39)46(64)53-42-31-41(55-60(42)34-9-3-1-4-10-34)48(66)59-27-25-58(26-28-59)45(63)13-6-2-5-12-44(62)57-23-21-56(22-24-57)33-16-14-32(15-17-33)52-40-18-19-43(61)54-47(40)65/h1,3-4,7-11,14-17,20,29-31,40,52H,2,5-6,12-13,18-19,21-28H2,(H,53,64)(H,54,61,65). The highest BCUT2D eigenvalue weighted by Gasteiger charge is 2.29. The van der Waals surface area contributed by atoms with Gasteiger partial charge in [0.2, 0.25) is 23.6 Å². The Hall–Kier alpha value is -6.78. The number of nitrogens with one attached hydrogen (secondary N) is 3. The summed E-state index contributed by atoms with van der Waals surface area (Å²) in [7, 11) is 0. The van der Waals surface area contributed by atoms with Crippen molar-refractivity contribution in [1.82, 2.24) is 34.8 Å². The first kappa shape index (κ1) is 45.8. The van der Waals surface area contributed by atoms with E-state index in [2.05, 4.69) is 30.9 Å². The van der Waals surface area contributed by atoms with E-state index in [9.17, 15) is 28.8 Å². The average Bonchev–Trinajstić information content (AvgIpc) is 3.76. The summed E-state index contributed by atoms with van der Waals surface area (Å²) in [5.74, 6) is -0.992. The third kappa shape index (κ3) is 11.0. The first-order chi connectivity index (χ1) is 32.0.